The van der Waals surface area contributed by atoms with Crippen LogP contribution in [0.25, 0.3) is 0 Å². The molecule has 6 heteroatoms. The third-order valence-electron chi connectivity index (χ3n) is 4.81. The Hall–Kier alpha value is -2.11. The highest BCUT2D eigenvalue weighted by molar-refractivity contribution is 6.30. The molecule has 1 atom stereocenters. The van der Waals surface area contributed by atoms with E-state index in [9.17, 15) is 9.18 Å². The summed E-state index contributed by atoms with van der Waals surface area (Å²) in [6, 6.07) is 13.8. The van der Waals surface area contributed by atoms with Crippen LogP contribution in [-0.2, 0) is 11.3 Å². The van der Waals surface area contributed by atoms with Crippen LogP contribution in [0.15, 0.2) is 48.5 Å². The maximum Gasteiger partial charge on any atom is 0.237 e. The number of halogens is 2. The number of rotatable bonds is 5. The largest absolute Gasteiger partial charge is 0.369 e. The summed E-state index contributed by atoms with van der Waals surface area (Å²) < 4.78 is 13.0. The lowest BCUT2D eigenvalue weighted by molar-refractivity contribution is -0.126. The maximum absolute atomic E-state index is 13.0. The molecule has 4 nitrogen and oxygen atoms in total. The van der Waals surface area contributed by atoms with E-state index in [1.165, 1.54) is 12.1 Å². The molecule has 1 N–H and O–H groups in total. The molecule has 138 valence electrons. The van der Waals surface area contributed by atoms with Gasteiger partial charge < -0.3 is 10.2 Å². The van der Waals surface area contributed by atoms with Gasteiger partial charge in [0.05, 0.1) is 6.04 Å². The molecule has 1 fully saturated rings. The number of carbonyl (C=O) groups is 1. The molecule has 0 radical (unpaired) electrons. The molecule has 1 aliphatic rings. The lowest BCUT2D eigenvalue weighted by Gasteiger charge is -2.38. The molecule has 0 saturated carbocycles. The zero-order valence-electron chi connectivity index (χ0n) is 14.8. The van der Waals surface area contributed by atoms with E-state index >= 15 is 0 Å². The second kappa shape index (κ2) is 8.52. The Balaban J connectivity index is 1.48. The Bertz CT molecular complexity index is 728. The molecule has 26 heavy (non-hydrogen) atoms. The number of nitrogens with zero attached hydrogens (tertiary/aromatic N) is 2. The highest BCUT2D eigenvalue weighted by Gasteiger charge is 2.25. The predicted molar refractivity (Wildman–Crippen MR) is 103 cm³/mol. The van der Waals surface area contributed by atoms with Gasteiger partial charge in [-0.3, -0.25) is 9.69 Å². The average Bonchev–Trinajstić information content (AvgIpc) is 2.67. The van der Waals surface area contributed by atoms with E-state index in [2.05, 4.69) is 15.1 Å². The third kappa shape index (κ3) is 4.74. The van der Waals surface area contributed by atoms with Crippen LogP contribution < -0.4 is 10.2 Å². The normalized spacial score (nSPS) is 16.3. The molecule has 1 amide bonds. The van der Waals surface area contributed by atoms with Gasteiger partial charge in [-0.15, -0.1) is 0 Å². The predicted octanol–water partition coefficient (Wildman–Crippen LogP) is 3.31. The van der Waals surface area contributed by atoms with E-state index in [0.29, 0.717) is 11.6 Å². The second-order valence-corrected chi connectivity index (χ2v) is 6.96. The first-order chi connectivity index (χ1) is 12.5. The summed E-state index contributed by atoms with van der Waals surface area (Å²) >= 11 is 5.87. The van der Waals surface area contributed by atoms with Crippen LogP contribution >= 0.6 is 11.6 Å². The number of hydrogen-bond acceptors (Lipinski definition) is 3. The summed E-state index contributed by atoms with van der Waals surface area (Å²) in [6.45, 7) is 5.67. The number of nitrogens with one attached hydrogen (secondary N) is 1. The fourth-order valence-electron chi connectivity index (χ4n) is 3.12. The van der Waals surface area contributed by atoms with Gasteiger partial charge in [0.15, 0.2) is 0 Å². The van der Waals surface area contributed by atoms with Crippen LogP contribution in [0.2, 0.25) is 5.02 Å². The van der Waals surface area contributed by atoms with Gasteiger partial charge in [0, 0.05) is 43.4 Å². The molecule has 1 saturated heterocycles. The van der Waals surface area contributed by atoms with Crippen molar-refractivity contribution in [1.82, 2.24) is 10.2 Å². The summed E-state index contributed by atoms with van der Waals surface area (Å²) in [4.78, 5) is 16.8. The van der Waals surface area contributed by atoms with E-state index in [1.807, 2.05) is 31.2 Å². The molecule has 1 aliphatic heterocycles. The van der Waals surface area contributed by atoms with E-state index < -0.39 is 0 Å². The van der Waals surface area contributed by atoms with E-state index in [1.54, 1.807) is 12.1 Å². The van der Waals surface area contributed by atoms with Gasteiger partial charge in [0.2, 0.25) is 5.91 Å². The number of carbonyl (C=O) groups excluding carboxylic acids is 1. The summed E-state index contributed by atoms with van der Waals surface area (Å²) in [5.74, 6) is -0.200. The number of amides is 1. The highest BCUT2D eigenvalue weighted by atomic mass is 35.5. The van der Waals surface area contributed by atoms with E-state index in [-0.39, 0.29) is 17.8 Å². The summed E-state index contributed by atoms with van der Waals surface area (Å²) in [6.07, 6.45) is 0. The van der Waals surface area contributed by atoms with Gasteiger partial charge in [-0.05, 0) is 48.9 Å². The van der Waals surface area contributed by atoms with Crippen molar-refractivity contribution in [3.05, 3.63) is 64.9 Å². The van der Waals surface area contributed by atoms with Gasteiger partial charge in [-0.2, -0.15) is 0 Å². The number of piperazine rings is 1. The molecular formula is C20H23ClFN3O. The molecule has 1 unspecified atom stereocenters. The minimum absolute atomic E-state index is 0.0233. The van der Waals surface area contributed by atoms with Crippen LogP contribution in [-0.4, -0.2) is 43.0 Å². The van der Waals surface area contributed by atoms with E-state index in [0.717, 1.165) is 37.4 Å². The molecule has 0 spiro atoms. The van der Waals surface area contributed by atoms with Crippen molar-refractivity contribution in [2.45, 2.75) is 19.5 Å². The van der Waals surface area contributed by atoms with Gasteiger partial charge >= 0.3 is 0 Å². The molecular weight excluding hydrogens is 353 g/mol. The first-order valence-corrected chi connectivity index (χ1v) is 9.17. The molecule has 0 bridgehead atoms. The Morgan fingerprint density at radius 1 is 1.08 bits per heavy atom. The Labute approximate surface area is 158 Å². The molecule has 3 rings (SSSR count). The minimum Gasteiger partial charge on any atom is -0.369 e. The van der Waals surface area contributed by atoms with Crippen molar-refractivity contribution >= 4 is 23.2 Å². The van der Waals surface area contributed by atoms with Crippen LogP contribution in [0.5, 0.6) is 0 Å². The first kappa shape index (κ1) is 18.7. The van der Waals surface area contributed by atoms with Crippen molar-refractivity contribution < 1.29 is 9.18 Å². The van der Waals surface area contributed by atoms with Crippen molar-refractivity contribution in [2.75, 3.05) is 31.1 Å². The Kier molecular flexibility index (Phi) is 6.12. The molecule has 2 aromatic rings. The maximum atomic E-state index is 13.0. The summed E-state index contributed by atoms with van der Waals surface area (Å²) in [5, 5.41) is 3.67. The van der Waals surface area contributed by atoms with Crippen molar-refractivity contribution in [3.63, 3.8) is 0 Å². The Morgan fingerprint density at radius 2 is 1.69 bits per heavy atom. The minimum atomic E-state index is -0.224. The number of hydrogen-bond donors (Lipinski definition) is 1. The fraction of sp³-hybridized carbons (Fsp3) is 0.350. The number of benzene rings is 2. The average molecular weight is 376 g/mol. The fourth-order valence-corrected chi connectivity index (χ4v) is 3.25. The van der Waals surface area contributed by atoms with Gasteiger partial charge in [-0.1, -0.05) is 23.7 Å². The quantitative estimate of drug-likeness (QED) is 0.870. The van der Waals surface area contributed by atoms with Crippen LogP contribution in [0.3, 0.4) is 0 Å². The van der Waals surface area contributed by atoms with Gasteiger partial charge in [-0.25, -0.2) is 4.39 Å². The monoisotopic (exact) mass is 375 g/mol. The zero-order valence-corrected chi connectivity index (χ0v) is 15.5. The molecule has 1 heterocycles. The van der Waals surface area contributed by atoms with Crippen LogP contribution in [0.1, 0.15) is 12.5 Å². The van der Waals surface area contributed by atoms with Crippen LogP contribution in [0.4, 0.5) is 10.1 Å². The van der Waals surface area contributed by atoms with Crippen molar-refractivity contribution in [3.8, 4) is 0 Å². The Morgan fingerprint density at radius 3 is 2.31 bits per heavy atom. The van der Waals surface area contributed by atoms with E-state index in [4.69, 9.17) is 11.6 Å². The third-order valence-corrected chi connectivity index (χ3v) is 5.07. The second-order valence-electron chi connectivity index (χ2n) is 6.52. The standard InChI is InChI=1S/C20H23ClFN3O/c1-15(20(26)23-14-16-2-4-17(21)5-3-16)24-10-12-25(13-11-24)19-8-6-18(22)7-9-19/h2-9,15H,10-14H2,1H3,(H,23,26). The molecule has 0 aliphatic carbocycles. The van der Waals surface area contributed by atoms with Gasteiger partial charge in [0.1, 0.15) is 5.82 Å². The lowest BCUT2D eigenvalue weighted by atomic mass is 10.2. The van der Waals surface area contributed by atoms with Crippen molar-refractivity contribution in [2.24, 2.45) is 0 Å². The zero-order chi connectivity index (χ0) is 18.5. The van der Waals surface area contributed by atoms with Gasteiger partial charge in [0.25, 0.3) is 0 Å². The highest BCUT2D eigenvalue weighted by Crippen LogP contribution is 2.18. The SMILES string of the molecule is CC(C(=O)NCc1ccc(Cl)cc1)N1CCN(c2ccc(F)cc2)CC1. The topological polar surface area (TPSA) is 35.6 Å². The molecule has 0 aromatic heterocycles. The summed E-state index contributed by atoms with van der Waals surface area (Å²) in [5.41, 5.74) is 2.04. The van der Waals surface area contributed by atoms with Crippen molar-refractivity contribution in [1.29, 1.82) is 0 Å². The molecule has 2 aromatic carbocycles. The lowest BCUT2D eigenvalue weighted by Crippen LogP contribution is -2.53. The van der Waals surface area contributed by atoms with Crippen LogP contribution in [0, 0.1) is 5.82 Å². The first-order valence-electron chi connectivity index (χ1n) is 8.79. The smallest absolute Gasteiger partial charge is 0.237 e. The summed E-state index contributed by atoms with van der Waals surface area (Å²) in [7, 11) is 0. The number of anilines is 1.